The van der Waals surface area contributed by atoms with Gasteiger partial charge in [-0.15, -0.1) is 0 Å². The van der Waals surface area contributed by atoms with Crippen molar-refractivity contribution >= 4 is 17.5 Å². The predicted molar refractivity (Wildman–Crippen MR) is 122 cm³/mol. The van der Waals surface area contributed by atoms with Gasteiger partial charge in [-0.25, -0.2) is 0 Å². The molecule has 4 rings (SSSR count). The van der Waals surface area contributed by atoms with Crippen molar-refractivity contribution in [3.05, 3.63) is 70.2 Å². The smallest absolute Gasteiger partial charge is 0.224 e. The lowest BCUT2D eigenvalue weighted by molar-refractivity contribution is -0.126. The van der Waals surface area contributed by atoms with Crippen molar-refractivity contribution in [2.75, 3.05) is 26.2 Å². The molecule has 1 N–H and O–H groups in total. The summed E-state index contributed by atoms with van der Waals surface area (Å²) in [6.45, 7) is 6.78. The number of carbonyl (C=O) groups is 1. The van der Waals surface area contributed by atoms with Crippen LogP contribution in [-0.2, 0) is 24.4 Å². The Morgan fingerprint density at radius 2 is 1.60 bits per heavy atom. The normalized spacial score (nSPS) is 20.4. The van der Waals surface area contributed by atoms with Gasteiger partial charge in [-0.3, -0.25) is 14.6 Å². The van der Waals surface area contributed by atoms with Gasteiger partial charge in [-0.2, -0.15) is 0 Å². The molecule has 2 fully saturated rings. The number of nitrogens with one attached hydrogen (secondary N) is 1. The molecule has 30 heavy (non-hydrogen) atoms. The van der Waals surface area contributed by atoms with Gasteiger partial charge in [0.2, 0.25) is 5.91 Å². The van der Waals surface area contributed by atoms with Crippen molar-refractivity contribution in [1.29, 1.82) is 0 Å². The number of likely N-dealkylation sites (tertiary alicyclic amines) is 2. The van der Waals surface area contributed by atoms with Crippen LogP contribution >= 0.6 is 11.6 Å². The highest BCUT2D eigenvalue weighted by atomic mass is 35.5. The Kier molecular flexibility index (Phi) is 7.42. The number of amides is 1. The molecule has 2 aliphatic heterocycles. The van der Waals surface area contributed by atoms with Gasteiger partial charge in [0.15, 0.2) is 0 Å². The summed E-state index contributed by atoms with van der Waals surface area (Å²) >= 11 is 5.99. The van der Waals surface area contributed by atoms with Crippen LogP contribution in [0.5, 0.6) is 0 Å². The van der Waals surface area contributed by atoms with Crippen LogP contribution in [0.25, 0.3) is 0 Å². The molecule has 4 nitrogen and oxygen atoms in total. The number of piperidine rings is 1. The summed E-state index contributed by atoms with van der Waals surface area (Å²) in [7, 11) is 0. The Labute approximate surface area is 185 Å². The zero-order valence-electron chi connectivity index (χ0n) is 17.7. The first kappa shape index (κ1) is 21.4. The van der Waals surface area contributed by atoms with Crippen molar-refractivity contribution in [3.63, 3.8) is 0 Å². The minimum absolute atomic E-state index is 0.0684. The van der Waals surface area contributed by atoms with Gasteiger partial charge < -0.3 is 5.32 Å². The molecule has 1 unspecified atom stereocenters. The first-order valence-corrected chi connectivity index (χ1v) is 11.6. The fourth-order valence-electron chi connectivity index (χ4n) is 4.63. The number of halogens is 1. The topological polar surface area (TPSA) is 35.6 Å². The molecule has 160 valence electrons. The third-order valence-electron chi connectivity index (χ3n) is 6.26. The van der Waals surface area contributed by atoms with Crippen LogP contribution in [0.15, 0.2) is 48.5 Å². The third-order valence-corrected chi connectivity index (χ3v) is 6.51. The third kappa shape index (κ3) is 6.07. The Hall–Kier alpha value is -1.88. The summed E-state index contributed by atoms with van der Waals surface area (Å²) in [4.78, 5) is 17.7. The van der Waals surface area contributed by atoms with Gasteiger partial charge in [-0.05, 0) is 74.1 Å². The van der Waals surface area contributed by atoms with E-state index in [9.17, 15) is 4.79 Å². The van der Waals surface area contributed by atoms with Crippen LogP contribution in [0.2, 0.25) is 5.02 Å². The zero-order chi connectivity index (χ0) is 20.8. The first-order valence-electron chi connectivity index (χ1n) is 11.2. The van der Waals surface area contributed by atoms with E-state index in [2.05, 4.69) is 51.5 Å². The van der Waals surface area contributed by atoms with E-state index >= 15 is 0 Å². The molecule has 2 aliphatic rings. The van der Waals surface area contributed by atoms with Gasteiger partial charge >= 0.3 is 0 Å². The molecule has 1 amide bonds. The molecular formula is C25H32ClN3O. The van der Waals surface area contributed by atoms with E-state index in [1.807, 2.05) is 12.1 Å². The summed E-state index contributed by atoms with van der Waals surface area (Å²) in [5.74, 6) is 0.250. The van der Waals surface area contributed by atoms with E-state index in [0.717, 1.165) is 44.0 Å². The average molecular weight is 426 g/mol. The average Bonchev–Trinajstić information content (AvgIpc) is 3.27. The summed E-state index contributed by atoms with van der Waals surface area (Å²) in [6, 6.07) is 16.7. The van der Waals surface area contributed by atoms with Crippen LogP contribution < -0.4 is 5.32 Å². The van der Waals surface area contributed by atoms with E-state index in [4.69, 9.17) is 11.6 Å². The van der Waals surface area contributed by atoms with Crippen molar-refractivity contribution in [3.8, 4) is 0 Å². The van der Waals surface area contributed by atoms with Crippen LogP contribution in [0.3, 0.4) is 0 Å². The Balaban J connectivity index is 1.26. The number of hydrogen-bond donors (Lipinski definition) is 1. The maximum Gasteiger partial charge on any atom is 0.224 e. The second-order valence-corrected chi connectivity index (χ2v) is 9.16. The van der Waals surface area contributed by atoms with Gasteiger partial charge in [0.05, 0.1) is 5.92 Å². The van der Waals surface area contributed by atoms with E-state index in [1.165, 1.54) is 42.6 Å². The fraction of sp³-hybridized carbons (Fsp3) is 0.480. The number of carbonyl (C=O) groups excluding carboxylic acids is 1. The van der Waals surface area contributed by atoms with Crippen LogP contribution in [0, 0.1) is 5.92 Å². The SMILES string of the molecule is O=C(NCc1cccc(CN2CCCC2)c1)C1CCCN(Cc2ccc(Cl)cc2)C1. The lowest BCUT2D eigenvalue weighted by Gasteiger charge is -2.32. The minimum Gasteiger partial charge on any atom is -0.352 e. The van der Waals surface area contributed by atoms with Gasteiger partial charge in [0.1, 0.15) is 0 Å². The van der Waals surface area contributed by atoms with Crippen LogP contribution in [0.1, 0.15) is 42.4 Å². The molecular weight excluding hydrogens is 394 g/mol. The molecule has 0 saturated carbocycles. The summed E-state index contributed by atoms with van der Waals surface area (Å²) in [5.41, 5.74) is 3.78. The monoisotopic (exact) mass is 425 g/mol. The molecule has 1 atom stereocenters. The standard InChI is InChI=1S/C25H32ClN3O/c26-24-10-8-20(9-11-24)17-29-14-4-7-23(19-29)25(30)27-16-21-5-3-6-22(15-21)18-28-12-1-2-13-28/h3,5-6,8-11,15,23H,1-2,4,7,12-14,16-19H2,(H,27,30). The Bertz CT molecular complexity index is 833. The van der Waals surface area contributed by atoms with Gasteiger partial charge in [0.25, 0.3) is 0 Å². The molecule has 2 heterocycles. The van der Waals surface area contributed by atoms with Crippen LogP contribution in [-0.4, -0.2) is 41.9 Å². The molecule has 0 spiro atoms. The number of nitrogens with zero attached hydrogens (tertiary/aromatic N) is 2. The minimum atomic E-state index is 0.0684. The second kappa shape index (κ2) is 10.4. The predicted octanol–water partition coefficient (Wildman–Crippen LogP) is 4.46. The highest BCUT2D eigenvalue weighted by molar-refractivity contribution is 6.30. The lowest BCUT2D eigenvalue weighted by Crippen LogP contribution is -2.42. The lowest BCUT2D eigenvalue weighted by atomic mass is 9.96. The fourth-order valence-corrected chi connectivity index (χ4v) is 4.76. The molecule has 2 aromatic carbocycles. The summed E-state index contributed by atoms with van der Waals surface area (Å²) in [6.07, 6.45) is 4.66. The van der Waals surface area contributed by atoms with E-state index in [-0.39, 0.29) is 11.8 Å². The molecule has 0 radical (unpaired) electrons. The van der Waals surface area contributed by atoms with E-state index in [1.54, 1.807) is 0 Å². The number of benzene rings is 2. The molecule has 0 aromatic heterocycles. The molecule has 5 heteroatoms. The Morgan fingerprint density at radius 1 is 0.900 bits per heavy atom. The quantitative estimate of drug-likeness (QED) is 0.711. The van der Waals surface area contributed by atoms with Crippen LogP contribution in [0.4, 0.5) is 0 Å². The van der Waals surface area contributed by atoms with Crippen molar-refractivity contribution in [1.82, 2.24) is 15.1 Å². The van der Waals surface area contributed by atoms with Gasteiger partial charge in [0, 0.05) is 31.2 Å². The number of hydrogen-bond acceptors (Lipinski definition) is 3. The highest BCUT2D eigenvalue weighted by Crippen LogP contribution is 2.20. The maximum atomic E-state index is 12.8. The molecule has 0 aliphatic carbocycles. The molecule has 0 bridgehead atoms. The van der Waals surface area contributed by atoms with E-state index in [0.29, 0.717) is 6.54 Å². The molecule has 2 aromatic rings. The first-order chi connectivity index (χ1) is 14.7. The van der Waals surface area contributed by atoms with Gasteiger partial charge in [-0.1, -0.05) is 48.0 Å². The maximum absolute atomic E-state index is 12.8. The van der Waals surface area contributed by atoms with Crippen molar-refractivity contribution < 1.29 is 4.79 Å². The van der Waals surface area contributed by atoms with Crippen molar-refractivity contribution in [2.45, 2.75) is 45.3 Å². The van der Waals surface area contributed by atoms with Crippen molar-refractivity contribution in [2.24, 2.45) is 5.92 Å². The van der Waals surface area contributed by atoms with E-state index < -0.39 is 0 Å². The summed E-state index contributed by atoms with van der Waals surface area (Å²) < 4.78 is 0. The second-order valence-electron chi connectivity index (χ2n) is 8.72. The number of rotatable bonds is 7. The Morgan fingerprint density at radius 3 is 2.40 bits per heavy atom. The highest BCUT2D eigenvalue weighted by Gasteiger charge is 2.25. The summed E-state index contributed by atoms with van der Waals surface area (Å²) in [5, 5.41) is 3.95. The molecule has 2 saturated heterocycles. The zero-order valence-corrected chi connectivity index (χ0v) is 18.4. The largest absolute Gasteiger partial charge is 0.352 e.